The zero-order chi connectivity index (χ0) is 18.1. The molecule has 2 aromatic carbocycles. The number of benzene rings is 2. The van der Waals surface area contributed by atoms with E-state index in [9.17, 15) is 9.90 Å². The molecule has 1 aliphatic heterocycles. The molecule has 1 radical (unpaired) electrons. The van der Waals surface area contributed by atoms with Crippen LogP contribution in [0.15, 0.2) is 58.7 Å². The SMILES string of the molecule is O=C(O)CCO/N=C1/C(c2c(O)[nH]c3ccccc23)=Nc2ccccc21.[Na]. The number of nitrogens with zero attached hydrogens (tertiary/aromatic N) is 2. The summed E-state index contributed by atoms with van der Waals surface area (Å²) in [6, 6.07) is 14.9. The molecule has 3 aromatic rings. The zero-order valence-electron chi connectivity index (χ0n) is 14.6. The molecule has 8 heteroatoms. The van der Waals surface area contributed by atoms with Gasteiger partial charge in [-0.15, -0.1) is 0 Å². The summed E-state index contributed by atoms with van der Waals surface area (Å²) >= 11 is 0. The molecule has 0 unspecified atom stereocenters. The second kappa shape index (κ2) is 7.96. The van der Waals surface area contributed by atoms with E-state index in [1.807, 2.05) is 48.5 Å². The Morgan fingerprint density at radius 2 is 1.89 bits per heavy atom. The first-order chi connectivity index (χ1) is 12.6. The molecule has 7 nitrogen and oxygen atoms in total. The quantitative estimate of drug-likeness (QED) is 0.364. The van der Waals surface area contributed by atoms with E-state index in [-0.39, 0.29) is 48.5 Å². The Labute approximate surface area is 176 Å². The van der Waals surface area contributed by atoms with Crippen LogP contribution in [0.25, 0.3) is 10.9 Å². The number of aliphatic carboxylic acids is 1. The topological polar surface area (TPSA) is 107 Å². The second-order valence-electron chi connectivity index (χ2n) is 5.79. The summed E-state index contributed by atoms with van der Waals surface area (Å²) in [6.07, 6.45) is -0.150. The van der Waals surface area contributed by atoms with Crippen molar-refractivity contribution in [3.63, 3.8) is 0 Å². The molecule has 0 spiro atoms. The summed E-state index contributed by atoms with van der Waals surface area (Å²) in [5.41, 5.74) is 3.75. The smallest absolute Gasteiger partial charge is 0.306 e. The number of oxime groups is 1. The number of hydrogen-bond acceptors (Lipinski definition) is 5. The Kier molecular flexibility index (Phi) is 5.65. The Bertz CT molecular complexity index is 1070. The Morgan fingerprint density at radius 1 is 1.15 bits per heavy atom. The van der Waals surface area contributed by atoms with E-state index in [4.69, 9.17) is 9.94 Å². The molecule has 0 fully saturated rings. The average molecular weight is 372 g/mol. The number of carbonyl (C=O) groups is 1. The Hall–Kier alpha value is -2.61. The number of rotatable bonds is 5. The Morgan fingerprint density at radius 3 is 2.70 bits per heavy atom. The number of aliphatic imine (C=N–C) groups is 1. The maximum absolute atomic E-state index is 10.6. The fourth-order valence-corrected chi connectivity index (χ4v) is 2.95. The van der Waals surface area contributed by atoms with Crippen molar-refractivity contribution in [2.45, 2.75) is 6.42 Å². The molecule has 4 rings (SSSR count). The van der Waals surface area contributed by atoms with Crippen LogP contribution in [0.2, 0.25) is 0 Å². The van der Waals surface area contributed by atoms with Crippen LogP contribution in [0.5, 0.6) is 5.88 Å². The summed E-state index contributed by atoms with van der Waals surface area (Å²) in [7, 11) is 0. The number of carboxylic acid groups (broad SMARTS) is 1. The normalized spacial score (nSPS) is 13.9. The molecular weight excluding hydrogens is 357 g/mol. The van der Waals surface area contributed by atoms with Gasteiger partial charge in [-0.05, 0) is 12.1 Å². The zero-order valence-corrected chi connectivity index (χ0v) is 16.6. The van der Waals surface area contributed by atoms with E-state index in [0.29, 0.717) is 22.7 Å². The van der Waals surface area contributed by atoms with Crippen LogP contribution in [0, 0.1) is 0 Å². The summed E-state index contributed by atoms with van der Waals surface area (Å²) in [5.74, 6) is -0.962. The van der Waals surface area contributed by atoms with E-state index < -0.39 is 5.97 Å². The van der Waals surface area contributed by atoms with Crippen molar-refractivity contribution in [1.82, 2.24) is 4.98 Å². The molecule has 0 aliphatic carbocycles. The minimum Gasteiger partial charge on any atom is -0.494 e. The maximum atomic E-state index is 10.6. The summed E-state index contributed by atoms with van der Waals surface area (Å²) in [4.78, 5) is 23.4. The third kappa shape index (κ3) is 3.62. The number of nitrogens with one attached hydrogen (secondary N) is 1. The van der Waals surface area contributed by atoms with Crippen molar-refractivity contribution in [3.05, 3.63) is 59.7 Å². The van der Waals surface area contributed by atoms with E-state index >= 15 is 0 Å². The first-order valence-corrected chi connectivity index (χ1v) is 8.05. The van der Waals surface area contributed by atoms with Crippen molar-refractivity contribution < 1.29 is 19.8 Å². The van der Waals surface area contributed by atoms with Gasteiger partial charge in [0, 0.05) is 46.0 Å². The van der Waals surface area contributed by atoms with Gasteiger partial charge in [0.1, 0.15) is 18.0 Å². The minimum atomic E-state index is -0.958. The number of aromatic nitrogens is 1. The molecule has 0 bridgehead atoms. The second-order valence-corrected chi connectivity index (χ2v) is 5.79. The molecule has 3 N–H and O–H groups in total. The van der Waals surface area contributed by atoms with Gasteiger partial charge < -0.3 is 20.0 Å². The van der Waals surface area contributed by atoms with E-state index in [1.54, 1.807) is 0 Å². The van der Waals surface area contributed by atoms with E-state index in [2.05, 4.69) is 15.1 Å². The molecule has 131 valence electrons. The molecule has 0 atom stereocenters. The van der Waals surface area contributed by atoms with Crippen molar-refractivity contribution in [1.29, 1.82) is 0 Å². The predicted molar refractivity (Wildman–Crippen MR) is 103 cm³/mol. The van der Waals surface area contributed by atoms with Gasteiger partial charge in [0.05, 0.1) is 17.7 Å². The van der Waals surface area contributed by atoms with Gasteiger partial charge in [-0.2, -0.15) is 0 Å². The fourth-order valence-electron chi connectivity index (χ4n) is 2.95. The number of para-hydroxylation sites is 2. The number of fused-ring (bicyclic) bond motifs is 2. The molecule has 0 saturated carbocycles. The standard InChI is InChI=1S/C19H15N3O4.Na/c23-15(24)9-10-26-22-17-12-6-2-4-8-14(12)20-18(17)16-11-5-1-3-7-13(11)21-19(16)25;/h1-8,21,25H,9-10H2,(H,23,24);/b22-17+;. The molecule has 27 heavy (non-hydrogen) atoms. The van der Waals surface area contributed by atoms with Crippen LogP contribution in [-0.2, 0) is 9.63 Å². The van der Waals surface area contributed by atoms with Gasteiger partial charge in [0.2, 0.25) is 0 Å². The fraction of sp³-hybridized carbons (Fsp3) is 0.105. The third-order valence-corrected chi connectivity index (χ3v) is 4.10. The van der Waals surface area contributed by atoms with Crippen LogP contribution < -0.4 is 0 Å². The van der Waals surface area contributed by atoms with Gasteiger partial charge >= 0.3 is 5.97 Å². The van der Waals surface area contributed by atoms with Crippen LogP contribution in [0.4, 0.5) is 5.69 Å². The average Bonchev–Trinajstić information content (AvgIpc) is 3.15. The van der Waals surface area contributed by atoms with Crippen molar-refractivity contribution >= 4 is 63.5 Å². The predicted octanol–water partition coefficient (Wildman–Crippen LogP) is 2.82. The monoisotopic (exact) mass is 372 g/mol. The molecule has 1 aromatic heterocycles. The van der Waals surface area contributed by atoms with Gasteiger partial charge in [-0.25, -0.2) is 4.99 Å². The van der Waals surface area contributed by atoms with Crippen molar-refractivity contribution in [2.75, 3.05) is 6.61 Å². The molecule has 0 amide bonds. The first kappa shape index (κ1) is 19.2. The molecule has 2 heterocycles. The molecular formula is C19H15N3NaO4. The summed E-state index contributed by atoms with van der Waals surface area (Å²) in [6.45, 7) is -0.0475. The number of aromatic amines is 1. The van der Waals surface area contributed by atoms with Crippen LogP contribution in [0.1, 0.15) is 17.5 Å². The molecule has 0 saturated heterocycles. The van der Waals surface area contributed by atoms with Crippen LogP contribution in [0.3, 0.4) is 0 Å². The maximum Gasteiger partial charge on any atom is 0.306 e. The van der Waals surface area contributed by atoms with E-state index in [1.165, 1.54) is 0 Å². The van der Waals surface area contributed by atoms with Gasteiger partial charge in [-0.3, -0.25) is 4.79 Å². The first-order valence-electron chi connectivity index (χ1n) is 8.05. The van der Waals surface area contributed by atoms with Crippen molar-refractivity contribution in [3.8, 4) is 5.88 Å². The summed E-state index contributed by atoms with van der Waals surface area (Å²) in [5, 5.41) is 24.1. The van der Waals surface area contributed by atoms with Gasteiger partial charge in [0.25, 0.3) is 0 Å². The minimum absolute atomic E-state index is 0. The largest absolute Gasteiger partial charge is 0.494 e. The van der Waals surface area contributed by atoms with Gasteiger partial charge in [0.15, 0.2) is 5.88 Å². The Balaban J connectivity index is 0.00000210. The number of hydrogen-bond donors (Lipinski definition) is 3. The molecule has 1 aliphatic rings. The van der Waals surface area contributed by atoms with Crippen LogP contribution in [-0.4, -0.2) is 68.8 Å². The van der Waals surface area contributed by atoms with Crippen molar-refractivity contribution in [2.24, 2.45) is 10.1 Å². The van der Waals surface area contributed by atoms with E-state index in [0.717, 1.165) is 16.5 Å². The number of aromatic hydroxyl groups is 1. The summed E-state index contributed by atoms with van der Waals surface area (Å²) < 4.78 is 0. The number of H-pyrrole nitrogens is 1. The van der Waals surface area contributed by atoms with Crippen LogP contribution >= 0.6 is 0 Å². The van der Waals surface area contributed by atoms with Gasteiger partial charge in [-0.1, -0.05) is 41.6 Å². The number of carboxylic acids is 1. The third-order valence-electron chi connectivity index (χ3n) is 4.10.